The van der Waals surface area contributed by atoms with Crippen LogP contribution in [0.5, 0.6) is 0 Å². The average molecular weight is 419 g/mol. The second kappa shape index (κ2) is 18.4. The minimum atomic E-state index is -0.0750. The highest BCUT2D eigenvalue weighted by Crippen LogP contribution is 2.14. The molecule has 4 heteroatoms. The predicted molar refractivity (Wildman–Crippen MR) is 127 cm³/mol. The Morgan fingerprint density at radius 1 is 0.867 bits per heavy atom. The zero-order chi connectivity index (χ0) is 21.9. The molecule has 30 heavy (non-hydrogen) atoms. The standard InChI is InChI=1S/C26H46N2O2/c1-2-16-25(29)19-12-10-8-6-4-3-5-7-9-11-13-20-26(30)28-22-24-18-15-14-17-23(24)21-27/h14-15,17-18,25,29H,2-13,16,19-22,27H2,1H3,(H,28,30). The zero-order valence-electron chi connectivity index (χ0n) is 19.3. The number of amides is 1. The van der Waals surface area contributed by atoms with Crippen LogP contribution >= 0.6 is 0 Å². The van der Waals surface area contributed by atoms with E-state index in [-0.39, 0.29) is 12.0 Å². The number of unbranched alkanes of at least 4 members (excludes halogenated alkanes) is 10. The number of hydrogen-bond acceptors (Lipinski definition) is 3. The summed E-state index contributed by atoms with van der Waals surface area (Å²) in [7, 11) is 0. The van der Waals surface area contributed by atoms with Crippen molar-refractivity contribution in [3.05, 3.63) is 35.4 Å². The van der Waals surface area contributed by atoms with E-state index in [1.807, 2.05) is 24.3 Å². The molecule has 0 aliphatic carbocycles. The van der Waals surface area contributed by atoms with Gasteiger partial charge in [-0.15, -0.1) is 0 Å². The monoisotopic (exact) mass is 418 g/mol. The summed E-state index contributed by atoms with van der Waals surface area (Å²) in [4.78, 5) is 12.0. The smallest absolute Gasteiger partial charge is 0.220 e. The van der Waals surface area contributed by atoms with E-state index in [9.17, 15) is 9.90 Å². The van der Waals surface area contributed by atoms with Crippen LogP contribution < -0.4 is 11.1 Å². The van der Waals surface area contributed by atoms with Gasteiger partial charge in [-0.25, -0.2) is 0 Å². The summed E-state index contributed by atoms with van der Waals surface area (Å²) in [6.45, 7) is 3.21. The van der Waals surface area contributed by atoms with Gasteiger partial charge in [-0.3, -0.25) is 4.79 Å². The topological polar surface area (TPSA) is 75.3 Å². The fourth-order valence-electron chi connectivity index (χ4n) is 3.95. The maximum absolute atomic E-state index is 12.0. The van der Waals surface area contributed by atoms with Gasteiger partial charge in [-0.05, 0) is 30.4 Å². The molecule has 0 radical (unpaired) electrons. The molecule has 1 rings (SSSR count). The van der Waals surface area contributed by atoms with Crippen molar-refractivity contribution in [2.24, 2.45) is 5.73 Å². The summed E-state index contributed by atoms with van der Waals surface area (Å²) in [5.74, 6) is 0.143. The lowest BCUT2D eigenvalue weighted by molar-refractivity contribution is -0.121. The molecule has 0 spiro atoms. The van der Waals surface area contributed by atoms with E-state index in [0.717, 1.165) is 43.2 Å². The Balaban J connectivity index is 1.86. The fraction of sp³-hybridized carbons (Fsp3) is 0.731. The van der Waals surface area contributed by atoms with Gasteiger partial charge in [0.15, 0.2) is 0 Å². The van der Waals surface area contributed by atoms with Gasteiger partial charge >= 0.3 is 0 Å². The van der Waals surface area contributed by atoms with Crippen LogP contribution in [0, 0.1) is 0 Å². The number of nitrogens with two attached hydrogens (primary N) is 1. The van der Waals surface area contributed by atoms with E-state index in [1.54, 1.807) is 0 Å². The summed E-state index contributed by atoms with van der Waals surface area (Å²) >= 11 is 0. The third-order valence-corrected chi connectivity index (χ3v) is 5.88. The van der Waals surface area contributed by atoms with Gasteiger partial charge in [-0.1, -0.05) is 102 Å². The molecule has 0 aliphatic heterocycles. The van der Waals surface area contributed by atoms with Gasteiger partial charge in [-0.2, -0.15) is 0 Å². The summed E-state index contributed by atoms with van der Waals surface area (Å²) in [6.07, 6.45) is 17.3. The first kappa shape index (κ1) is 26.6. The number of carbonyl (C=O) groups excluding carboxylic acids is 1. The molecule has 0 bridgehead atoms. The van der Waals surface area contributed by atoms with Gasteiger partial charge < -0.3 is 16.2 Å². The number of aliphatic hydroxyl groups excluding tert-OH is 1. The number of carbonyl (C=O) groups is 1. The van der Waals surface area contributed by atoms with Crippen molar-refractivity contribution in [3.63, 3.8) is 0 Å². The normalized spacial score (nSPS) is 12.1. The van der Waals surface area contributed by atoms with Gasteiger partial charge in [0.1, 0.15) is 0 Å². The number of rotatable bonds is 19. The molecule has 0 fully saturated rings. The number of nitrogens with one attached hydrogen (secondary N) is 1. The molecule has 4 N–H and O–H groups in total. The van der Waals surface area contributed by atoms with Crippen LogP contribution in [0.15, 0.2) is 24.3 Å². The summed E-state index contributed by atoms with van der Waals surface area (Å²) in [6, 6.07) is 8.01. The quantitative estimate of drug-likeness (QED) is 0.241. The van der Waals surface area contributed by atoms with Crippen molar-refractivity contribution >= 4 is 5.91 Å². The molecule has 1 atom stereocenters. The Bertz CT molecular complexity index is 548. The minimum absolute atomic E-state index is 0.0750. The first-order valence-electron chi connectivity index (χ1n) is 12.4. The van der Waals surface area contributed by atoms with Crippen molar-refractivity contribution in [2.75, 3.05) is 0 Å². The first-order valence-corrected chi connectivity index (χ1v) is 12.4. The predicted octanol–water partition coefficient (Wildman–Crippen LogP) is 5.99. The van der Waals surface area contributed by atoms with Crippen LogP contribution in [0.1, 0.15) is 114 Å². The van der Waals surface area contributed by atoms with Gasteiger partial charge in [0.05, 0.1) is 6.10 Å². The highest BCUT2D eigenvalue weighted by atomic mass is 16.3. The zero-order valence-corrected chi connectivity index (χ0v) is 19.3. The second-order valence-corrected chi connectivity index (χ2v) is 8.62. The van der Waals surface area contributed by atoms with E-state index in [0.29, 0.717) is 19.5 Å². The van der Waals surface area contributed by atoms with Crippen LogP contribution in [0.3, 0.4) is 0 Å². The van der Waals surface area contributed by atoms with Gasteiger partial charge in [0, 0.05) is 19.5 Å². The van der Waals surface area contributed by atoms with Crippen LogP contribution in [-0.2, 0) is 17.9 Å². The third-order valence-electron chi connectivity index (χ3n) is 5.88. The lowest BCUT2D eigenvalue weighted by atomic mass is 10.0. The van der Waals surface area contributed by atoms with E-state index >= 15 is 0 Å². The molecule has 0 heterocycles. The molecular formula is C26H46N2O2. The molecule has 0 aliphatic rings. The number of hydrogen-bond donors (Lipinski definition) is 3. The Morgan fingerprint density at radius 3 is 1.97 bits per heavy atom. The molecule has 1 unspecified atom stereocenters. The molecule has 172 valence electrons. The summed E-state index contributed by atoms with van der Waals surface area (Å²) in [5, 5.41) is 12.7. The SMILES string of the molecule is CCCC(O)CCCCCCCCCCCCCC(=O)NCc1ccccc1CN. The highest BCUT2D eigenvalue weighted by molar-refractivity contribution is 5.75. The molecule has 0 saturated carbocycles. The summed E-state index contributed by atoms with van der Waals surface area (Å²) < 4.78 is 0. The minimum Gasteiger partial charge on any atom is -0.393 e. The van der Waals surface area contributed by atoms with Crippen molar-refractivity contribution in [2.45, 2.75) is 122 Å². The van der Waals surface area contributed by atoms with E-state index in [1.165, 1.54) is 57.8 Å². The maximum Gasteiger partial charge on any atom is 0.220 e. The Morgan fingerprint density at radius 2 is 1.40 bits per heavy atom. The molecule has 1 aromatic rings. The highest BCUT2D eigenvalue weighted by Gasteiger charge is 2.04. The lowest BCUT2D eigenvalue weighted by Gasteiger charge is -2.09. The second-order valence-electron chi connectivity index (χ2n) is 8.62. The number of benzene rings is 1. The van der Waals surface area contributed by atoms with E-state index < -0.39 is 0 Å². The van der Waals surface area contributed by atoms with Crippen LogP contribution in [-0.4, -0.2) is 17.1 Å². The van der Waals surface area contributed by atoms with Crippen molar-refractivity contribution in [1.82, 2.24) is 5.32 Å². The number of aliphatic hydroxyl groups is 1. The van der Waals surface area contributed by atoms with Crippen molar-refractivity contribution in [3.8, 4) is 0 Å². The Labute approximate surface area is 185 Å². The van der Waals surface area contributed by atoms with Crippen LogP contribution in [0.4, 0.5) is 0 Å². The van der Waals surface area contributed by atoms with Crippen molar-refractivity contribution in [1.29, 1.82) is 0 Å². The largest absolute Gasteiger partial charge is 0.393 e. The van der Waals surface area contributed by atoms with Crippen LogP contribution in [0.2, 0.25) is 0 Å². The molecule has 1 aromatic carbocycles. The molecule has 1 amide bonds. The Hall–Kier alpha value is -1.39. The molecule has 4 nitrogen and oxygen atoms in total. The van der Waals surface area contributed by atoms with Gasteiger partial charge in [0.2, 0.25) is 5.91 Å². The fourth-order valence-corrected chi connectivity index (χ4v) is 3.95. The lowest BCUT2D eigenvalue weighted by Crippen LogP contribution is -2.23. The molecular weight excluding hydrogens is 372 g/mol. The maximum atomic E-state index is 12.0. The van der Waals surface area contributed by atoms with E-state index in [2.05, 4.69) is 12.2 Å². The first-order chi connectivity index (χ1) is 14.7. The van der Waals surface area contributed by atoms with Gasteiger partial charge in [0.25, 0.3) is 0 Å². The average Bonchev–Trinajstić information content (AvgIpc) is 2.75. The van der Waals surface area contributed by atoms with Crippen LogP contribution in [0.25, 0.3) is 0 Å². The molecule has 0 aromatic heterocycles. The Kier molecular flexibility index (Phi) is 16.3. The molecule has 0 saturated heterocycles. The van der Waals surface area contributed by atoms with Crippen molar-refractivity contribution < 1.29 is 9.90 Å². The third kappa shape index (κ3) is 13.8. The summed E-state index contributed by atoms with van der Waals surface area (Å²) in [5.41, 5.74) is 7.95. The van der Waals surface area contributed by atoms with E-state index in [4.69, 9.17) is 5.73 Å².